The van der Waals surface area contributed by atoms with Crippen molar-refractivity contribution in [3.05, 3.63) is 12.3 Å². The van der Waals surface area contributed by atoms with Gasteiger partial charge in [0, 0.05) is 7.05 Å². The normalized spacial score (nSPS) is 10.6. The summed E-state index contributed by atoms with van der Waals surface area (Å²) in [5.74, 6) is -1.25. The first-order chi connectivity index (χ1) is 6.15. The molecule has 0 bridgehead atoms. The molecule has 0 aliphatic carbocycles. The lowest BCUT2D eigenvalue weighted by Gasteiger charge is -2.24. The van der Waals surface area contributed by atoms with E-state index in [-0.39, 0.29) is 5.70 Å². The molecule has 0 aromatic carbocycles. The van der Waals surface area contributed by atoms with Gasteiger partial charge >= 0.3 is 12.1 Å². The first-order valence-electron chi connectivity index (χ1n) is 4.04. The molecule has 0 aliphatic heterocycles. The Bertz CT molecular complexity index is 264. The van der Waals surface area contributed by atoms with Gasteiger partial charge < -0.3 is 9.84 Å². The van der Waals surface area contributed by atoms with Crippen LogP contribution in [0, 0.1) is 0 Å². The summed E-state index contributed by atoms with van der Waals surface area (Å²) in [5.41, 5.74) is -0.969. The van der Waals surface area contributed by atoms with Crippen LogP contribution in [0.25, 0.3) is 0 Å². The molecule has 0 saturated carbocycles. The van der Waals surface area contributed by atoms with Gasteiger partial charge in [0.1, 0.15) is 11.3 Å². The topological polar surface area (TPSA) is 66.8 Å². The highest BCUT2D eigenvalue weighted by atomic mass is 16.6. The van der Waals surface area contributed by atoms with Crippen LogP contribution in [-0.2, 0) is 9.53 Å². The van der Waals surface area contributed by atoms with Crippen molar-refractivity contribution in [3.63, 3.8) is 0 Å². The second-order valence-corrected chi connectivity index (χ2v) is 3.79. The molecule has 0 fully saturated rings. The number of nitrogens with zero attached hydrogens (tertiary/aromatic N) is 1. The molecule has 0 aromatic heterocycles. The van der Waals surface area contributed by atoms with Gasteiger partial charge in [-0.1, -0.05) is 6.58 Å². The molecule has 0 saturated heterocycles. The number of aliphatic carboxylic acids is 1. The summed E-state index contributed by atoms with van der Waals surface area (Å²) in [4.78, 5) is 22.6. The predicted octanol–water partition coefficient (Wildman–Crippen LogP) is 1.45. The van der Waals surface area contributed by atoms with Crippen LogP contribution >= 0.6 is 0 Å². The number of carbonyl (C=O) groups is 2. The monoisotopic (exact) mass is 201 g/mol. The third kappa shape index (κ3) is 3.93. The number of hydrogen-bond acceptors (Lipinski definition) is 3. The fourth-order valence-electron chi connectivity index (χ4n) is 0.584. The highest BCUT2D eigenvalue weighted by Gasteiger charge is 2.23. The summed E-state index contributed by atoms with van der Waals surface area (Å²) in [6, 6.07) is 0. The molecule has 1 N–H and O–H groups in total. The van der Waals surface area contributed by atoms with E-state index in [0.717, 1.165) is 4.90 Å². The summed E-state index contributed by atoms with van der Waals surface area (Å²) in [7, 11) is 1.30. The lowest BCUT2D eigenvalue weighted by atomic mass is 10.2. The Kier molecular flexibility index (Phi) is 3.68. The van der Waals surface area contributed by atoms with Crippen molar-refractivity contribution in [2.24, 2.45) is 0 Å². The zero-order valence-corrected chi connectivity index (χ0v) is 8.83. The van der Waals surface area contributed by atoms with Crippen molar-refractivity contribution in [2.45, 2.75) is 26.4 Å². The van der Waals surface area contributed by atoms with Crippen molar-refractivity contribution in [1.29, 1.82) is 0 Å². The Balaban J connectivity index is 4.42. The standard InChI is InChI=1S/C9H15NO4/c1-6(7(11)12)10(5)8(13)14-9(2,3)4/h1H2,2-5H3,(H,11,12). The third-order valence-electron chi connectivity index (χ3n) is 1.32. The van der Waals surface area contributed by atoms with Gasteiger partial charge in [0.15, 0.2) is 0 Å². The molecule has 0 aliphatic rings. The van der Waals surface area contributed by atoms with Gasteiger partial charge in [-0.3, -0.25) is 4.90 Å². The lowest BCUT2D eigenvalue weighted by Crippen LogP contribution is -2.35. The molecule has 0 aromatic rings. The fraction of sp³-hybridized carbons (Fsp3) is 0.556. The molecule has 5 nitrogen and oxygen atoms in total. The van der Waals surface area contributed by atoms with Crippen LogP contribution < -0.4 is 0 Å². The van der Waals surface area contributed by atoms with E-state index in [1.54, 1.807) is 20.8 Å². The molecule has 0 heterocycles. The molecular formula is C9H15NO4. The van der Waals surface area contributed by atoms with Crippen LogP contribution in [0.3, 0.4) is 0 Å². The molecule has 0 spiro atoms. The number of carboxylic acid groups (broad SMARTS) is 1. The van der Waals surface area contributed by atoms with Crippen LogP contribution in [-0.4, -0.2) is 34.7 Å². The van der Waals surface area contributed by atoms with E-state index >= 15 is 0 Å². The van der Waals surface area contributed by atoms with Gasteiger partial charge in [0.05, 0.1) is 0 Å². The molecule has 80 valence electrons. The fourth-order valence-corrected chi connectivity index (χ4v) is 0.584. The van der Waals surface area contributed by atoms with Gasteiger partial charge in [-0.25, -0.2) is 9.59 Å². The van der Waals surface area contributed by atoms with E-state index in [1.165, 1.54) is 7.05 Å². The lowest BCUT2D eigenvalue weighted by molar-refractivity contribution is -0.134. The number of rotatable bonds is 2. The summed E-state index contributed by atoms with van der Waals surface area (Å²) >= 11 is 0. The van der Waals surface area contributed by atoms with E-state index < -0.39 is 17.7 Å². The number of hydrogen-bond donors (Lipinski definition) is 1. The SMILES string of the molecule is C=C(C(=O)O)N(C)C(=O)OC(C)(C)C. The maximum Gasteiger partial charge on any atom is 0.414 e. The molecular weight excluding hydrogens is 186 g/mol. The number of carboxylic acids is 1. The second-order valence-electron chi connectivity index (χ2n) is 3.79. The van der Waals surface area contributed by atoms with Crippen molar-refractivity contribution in [3.8, 4) is 0 Å². The largest absolute Gasteiger partial charge is 0.477 e. The van der Waals surface area contributed by atoms with Gasteiger partial charge in [-0.05, 0) is 20.8 Å². The van der Waals surface area contributed by atoms with E-state index in [4.69, 9.17) is 9.84 Å². The predicted molar refractivity (Wildman–Crippen MR) is 50.8 cm³/mol. The molecule has 1 amide bonds. The van der Waals surface area contributed by atoms with Crippen molar-refractivity contribution in [1.82, 2.24) is 4.90 Å². The van der Waals surface area contributed by atoms with Crippen LogP contribution in [0.2, 0.25) is 0 Å². The van der Waals surface area contributed by atoms with Crippen molar-refractivity contribution >= 4 is 12.1 Å². The molecule has 0 unspecified atom stereocenters. The second kappa shape index (κ2) is 4.13. The summed E-state index contributed by atoms with van der Waals surface area (Å²) in [5, 5.41) is 8.55. The Morgan fingerprint density at radius 1 is 1.36 bits per heavy atom. The quantitative estimate of drug-likeness (QED) is 0.686. The zero-order valence-electron chi connectivity index (χ0n) is 8.83. The highest BCUT2D eigenvalue weighted by molar-refractivity contribution is 5.90. The third-order valence-corrected chi connectivity index (χ3v) is 1.32. The van der Waals surface area contributed by atoms with E-state index in [0.29, 0.717) is 0 Å². The Hall–Kier alpha value is -1.52. The molecule has 0 radical (unpaired) electrons. The van der Waals surface area contributed by atoms with Gasteiger partial charge in [0.25, 0.3) is 0 Å². The van der Waals surface area contributed by atoms with Crippen molar-refractivity contribution in [2.75, 3.05) is 7.05 Å². The number of amides is 1. The van der Waals surface area contributed by atoms with Gasteiger partial charge in [-0.2, -0.15) is 0 Å². The average Bonchev–Trinajstić information content (AvgIpc) is 1.98. The van der Waals surface area contributed by atoms with E-state index in [9.17, 15) is 9.59 Å². The number of ether oxygens (including phenoxy) is 1. The Morgan fingerprint density at radius 2 is 1.79 bits per heavy atom. The maximum atomic E-state index is 11.3. The highest BCUT2D eigenvalue weighted by Crippen LogP contribution is 2.11. The molecule has 0 rings (SSSR count). The van der Waals surface area contributed by atoms with Gasteiger partial charge in [-0.15, -0.1) is 0 Å². The minimum Gasteiger partial charge on any atom is -0.477 e. The Morgan fingerprint density at radius 3 is 2.07 bits per heavy atom. The van der Waals surface area contributed by atoms with E-state index in [2.05, 4.69) is 6.58 Å². The molecule has 5 heteroatoms. The Labute approximate surface area is 83.0 Å². The minimum absolute atomic E-state index is 0.320. The minimum atomic E-state index is -1.25. The number of likely N-dealkylation sites (N-methyl/N-ethyl adjacent to an activating group) is 1. The van der Waals surface area contributed by atoms with Gasteiger partial charge in [0.2, 0.25) is 0 Å². The van der Waals surface area contributed by atoms with Crippen LogP contribution in [0.15, 0.2) is 12.3 Å². The zero-order chi connectivity index (χ0) is 11.5. The summed E-state index contributed by atoms with van der Waals surface area (Å²) < 4.78 is 4.93. The first-order valence-corrected chi connectivity index (χ1v) is 4.04. The summed E-state index contributed by atoms with van der Waals surface area (Å²) in [6.07, 6.45) is -0.732. The van der Waals surface area contributed by atoms with Crippen LogP contribution in [0.1, 0.15) is 20.8 Å². The molecule has 14 heavy (non-hydrogen) atoms. The molecule has 0 atom stereocenters. The first kappa shape index (κ1) is 12.5. The average molecular weight is 201 g/mol. The smallest absolute Gasteiger partial charge is 0.414 e. The maximum absolute atomic E-state index is 11.3. The number of carbonyl (C=O) groups excluding carboxylic acids is 1. The summed E-state index contributed by atoms with van der Waals surface area (Å²) in [6.45, 7) is 8.32. The van der Waals surface area contributed by atoms with Crippen molar-refractivity contribution < 1.29 is 19.4 Å². The van der Waals surface area contributed by atoms with Crippen LogP contribution in [0.4, 0.5) is 4.79 Å². The van der Waals surface area contributed by atoms with E-state index in [1.807, 2.05) is 0 Å². The van der Waals surface area contributed by atoms with Crippen LogP contribution in [0.5, 0.6) is 0 Å².